The SMILES string of the molecule is CSc1nc(N)nc(SCC(=O)Nc2cc(C(F)(F)F)cc(C(F)(F)F)c2)c1C#N. The molecule has 0 bridgehead atoms. The van der Waals surface area contributed by atoms with Gasteiger partial charge >= 0.3 is 12.4 Å². The van der Waals surface area contributed by atoms with Gasteiger partial charge in [0.15, 0.2) is 0 Å². The fraction of sp³-hybridized carbons (Fsp3) is 0.250. The lowest BCUT2D eigenvalue weighted by molar-refractivity contribution is -0.143. The van der Waals surface area contributed by atoms with Crippen LogP contribution in [-0.2, 0) is 17.1 Å². The Morgan fingerprint density at radius 2 is 1.63 bits per heavy atom. The molecule has 3 N–H and O–H groups in total. The number of nitrogen functional groups attached to an aromatic ring is 1. The molecule has 30 heavy (non-hydrogen) atoms. The third-order valence-electron chi connectivity index (χ3n) is 3.38. The number of benzene rings is 1. The van der Waals surface area contributed by atoms with Crippen molar-refractivity contribution in [3.8, 4) is 6.07 Å². The second-order valence-electron chi connectivity index (χ2n) is 5.51. The number of nitrogens with one attached hydrogen (secondary N) is 1. The lowest BCUT2D eigenvalue weighted by Crippen LogP contribution is -2.17. The Bertz CT molecular complexity index is 971. The maximum Gasteiger partial charge on any atom is 0.416 e. The van der Waals surface area contributed by atoms with Crippen molar-refractivity contribution < 1.29 is 31.1 Å². The zero-order chi connectivity index (χ0) is 22.7. The molecular formula is C16H11F6N5OS2. The molecule has 6 nitrogen and oxygen atoms in total. The van der Waals surface area contributed by atoms with Crippen LogP contribution in [0.2, 0.25) is 0 Å². The molecule has 2 aromatic rings. The summed E-state index contributed by atoms with van der Waals surface area (Å²) in [4.78, 5) is 19.8. The molecule has 0 saturated carbocycles. The molecule has 1 aromatic carbocycles. The number of rotatable bonds is 5. The highest BCUT2D eigenvalue weighted by molar-refractivity contribution is 8.00. The first-order valence-electron chi connectivity index (χ1n) is 7.69. The zero-order valence-electron chi connectivity index (χ0n) is 14.9. The van der Waals surface area contributed by atoms with Crippen molar-refractivity contribution in [1.29, 1.82) is 5.26 Å². The van der Waals surface area contributed by atoms with E-state index >= 15 is 0 Å². The van der Waals surface area contributed by atoms with Gasteiger partial charge in [0.2, 0.25) is 11.9 Å². The monoisotopic (exact) mass is 467 g/mol. The van der Waals surface area contributed by atoms with Gasteiger partial charge in [0.05, 0.1) is 16.9 Å². The number of hydrogen-bond donors (Lipinski definition) is 2. The van der Waals surface area contributed by atoms with Gasteiger partial charge in [-0.25, -0.2) is 9.97 Å². The highest BCUT2D eigenvalue weighted by atomic mass is 32.2. The van der Waals surface area contributed by atoms with Gasteiger partial charge in [-0.15, -0.1) is 11.8 Å². The maximum absolute atomic E-state index is 12.9. The summed E-state index contributed by atoms with van der Waals surface area (Å²) < 4.78 is 77.4. The quantitative estimate of drug-likeness (QED) is 0.381. The van der Waals surface area contributed by atoms with Gasteiger partial charge in [0.1, 0.15) is 21.7 Å². The second kappa shape index (κ2) is 9.00. The van der Waals surface area contributed by atoms with Gasteiger partial charge < -0.3 is 11.1 Å². The molecule has 2 rings (SSSR count). The summed E-state index contributed by atoms with van der Waals surface area (Å²) in [6.07, 6.45) is -8.44. The predicted molar refractivity (Wildman–Crippen MR) is 98.7 cm³/mol. The van der Waals surface area contributed by atoms with Crippen LogP contribution in [0.3, 0.4) is 0 Å². The normalized spacial score (nSPS) is 11.8. The lowest BCUT2D eigenvalue weighted by Gasteiger charge is -2.14. The minimum absolute atomic E-state index is 0.0444. The van der Waals surface area contributed by atoms with Crippen LogP contribution in [0.15, 0.2) is 28.3 Å². The van der Waals surface area contributed by atoms with Crippen molar-refractivity contribution in [2.24, 2.45) is 0 Å². The highest BCUT2D eigenvalue weighted by Crippen LogP contribution is 2.37. The molecule has 0 aliphatic rings. The summed E-state index contributed by atoms with van der Waals surface area (Å²) in [5.41, 5.74) is 1.80. The Labute approximate surface area is 174 Å². The van der Waals surface area contributed by atoms with Crippen LogP contribution in [0.1, 0.15) is 16.7 Å². The fourth-order valence-electron chi connectivity index (χ4n) is 2.14. The summed E-state index contributed by atoms with van der Waals surface area (Å²) in [6.45, 7) is 0. The molecule has 1 heterocycles. The van der Waals surface area contributed by atoms with Crippen molar-refractivity contribution in [2.45, 2.75) is 22.4 Å². The van der Waals surface area contributed by atoms with Crippen LogP contribution in [0, 0.1) is 11.3 Å². The topological polar surface area (TPSA) is 105 Å². The summed E-state index contributed by atoms with van der Waals surface area (Å²) in [5, 5.41) is 11.5. The number of nitrogens with two attached hydrogens (primary N) is 1. The number of halogens is 6. The van der Waals surface area contributed by atoms with E-state index in [2.05, 4.69) is 9.97 Å². The second-order valence-corrected chi connectivity index (χ2v) is 7.27. The average molecular weight is 467 g/mol. The first-order chi connectivity index (χ1) is 13.8. The van der Waals surface area contributed by atoms with Gasteiger partial charge in [-0.05, 0) is 24.5 Å². The first kappa shape index (κ1) is 23.6. The molecule has 1 amide bonds. The third-order valence-corrected chi connectivity index (χ3v) is 5.03. The number of thioether (sulfide) groups is 2. The number of nitriles is 1. The summed E-state index contributed by atoms with van der Waals surface area (Å²) >= 11 is 1.85. The fourth-order valence-corrected chi connectivity index (χ4v) is 3.52. The van der Waals surface area contributed by atoms with Gasteiger partial charge in [-0.1, -0.05) is 11.8 Å². The van der Waals surface area contributed by atoms with Crippen LogP contribution >= 0.6 is 23.5 Å². The van der Waals surface area contributed by atoms with Crippen molar-refractivity contribution >= 4 is 41.1 Å². The van der Waals surface area contributed by atoms with E-state index in [0.29, 0.717) is 12.1 Å². The number of carbonyl (C=O) groups excluding carboxylic acids is 1. The Hall–Kier alpha value is -2.66. The molecule has 0 aliphatic carbocycles. The molecule has 1 aromatic heterocycles. The van der Waals surface area contributed by atoms with Crippen molar-refractivity contribution in [2.75, 3.05) is 23.1 Å². The number of nitrogens with zero attached hydrogens (tertiary/aromatic N) is 3. The zero-order valence-corrected chi connectivity index (χ0v) is 16.5. The number of alkyl halides is 6. The van der Waals surface area contributed by atoms with Crippen LogP contribution in [-0.4, -0.2) is 27.9 Å². The van der Waals surface area contributed by atoms with Gasteiger partial charge in [0, 0.05) is 5.69 Å². The predicted octanol–water partition coefficient (Wildman–Crippen LogP) is 4.42. The smallest absolute Gasteiger partial charge is 0.368 e. The van der Waals surface area contributed by atoms with E-state index in [1.165, 1.54) is 0 Å². The van der Waals surface area contributed by atoms with E-state index < -0.39 is 40.8 Å². The van der Waals surface area contributed by atoms with Gasteiger partial charge in [0.25, 0.3) is 0 Å². The molecular weight excluding hydrogens is 456 g/mol. The molecule has 0 radical (unpaired) electrons. The maximum atomic E-state index is 12.9. The standard InChI is InChI=1S/C16H11F6N5OS2/c1-29-12-10(5-23)13(27-14(24)26-12)30-6-11(28)25-9-3-7(15(17,18)19)2-8(4-9)16(20,21)22/h2-4H,6H2,1H3,(H,25,28)(H2,24,26,27). The number of amides is 1. The molecule has 0 fully saturated rings. The van der Waals surface area contributed by atoms with Crippen LogP contribution < -0.4 is 11.1 Å². The molecule has 0 saturated heterocycles. The van der Waals surface area contributed by atoms with E-state index in [-0.39, 0.29) is 27.6 Å². The molecule has 14 heteroatoms. The number of aromatic nitrogens is 2. The third kappa shape index (κ3) is 5.92. The molecule has 160 valence electrons. The molecule has 0 spiro atoms. The Balaban J connectivity index is 2.24. The summed E-state index contributed by atoms with van der Waals surface area (Å²) in [7, 11) is 0. The highest BCUT2D eigenvalue weighted by Gasteiger charge is 2.37. The van der Waals surface area contributed by atoms with Crippen molar-refractivity contribution in [1.82, 2.24) is 9.97 Å². The van der Waals surface area contributed by atoms with Gasteiger partial charge in [-0.3, -0.25) is 4.79 Å². The van der Waals surface area contributed by atoms with E-state index in [4.69, 9.17) is 5.73 Å². The number of anilines is 2. The number of carbonyl (C=O) groups is 1. The van der Waals surface area contributed by atoms with Crippen molar-refractivity contribution in [3.05, 3.63) is 34.9 Å². The molecule has 0 aliphatic heterocycles. The largest absolute Gasteiger partial charge is 0.416 e. The van der Waals surface area contributed by atoms with Crippen LogP contribution in [0.4, 0.5) is 38.0 Å². The number of hydrogen-bond acceptors (Lipinski definition) is 7. The van der Waals surface area contributed by atoms with E-state index in [9.17, 15) is 36.4 Å². The van der Waals surface area contributed by atoms with Crippen molar-refractivity contribution in [3.63, 3.8) is 0 Å². The van der Waals surface area contributed by atoms with Crippen LogP contribution in [0.25, 0.3) is 0 Å². The summed E-state index contributed by atoms with van der Waals surface area (Å²) in [5.74, 6) is -1.51. The van der Waals surface area contributed by atoms with Gasteiger partial charge in [-0.2, -0.15) is 31.6 Å². The molecule has 0 atom stereocenters. The Morgan fingerprint density at radius 1 is 1.10 bits per heavy atom. The van der Waals surface area contributed by atoms with E-state index in [0.717, 1.165) is 23.5 Å². The lowest BCUT2D eigenvalue weighted by atomic mass is 10.1. The van der Waals surface area contributed by atoms with Crippen LogP contribution in [0.5, 0.6) is 0 Å². The first-order valence-corrected chi connectivity index (χ1v) is 9.90. The van der Waals surface area contributed by atoms with E-state index in [1.807, 2.05) is 11.4 Å². The Kier molecular flexibility index (Phi) is 7.09. The summed E-state index contributed by atoms with van der Waals surface area (Å²) in [6, 6.07) is 2.61. The molecule has 0 unspecified atom stereocenters. The minimum atomic E-state index is -5.04. The average Bonchev–Trinajstić information content (AvgIpc) is 2.64. The minimum Gasteiger partial charge on any atom is -0.368 e. The van der Waals surface area contributed by atoms with E-state index in [1.54, 1.807) is 6.26 Å². The Morgan fingerprint density at radius 3 is 2.10 bits per heavy atom.